The summed E-state index contributed by atoms with van der Waals surface area (Å²) < 4.78 is 0. The molecule has 2 aliphatic rings. The van der Waals surface area contributed by atoms with Crippen LogP contribution in [0.2, 0.25) is 0 Å². The van der Waals surface area contributed by atoms with E-state index in [1.807, 2.05) is 0 Å². The zero-order chi connectivity index (χ0) is 10.7. The molecule has 0 aliphatic heterocycles. The van der Waals surface area contributed by atoms with Gasteiger partial charge in [0.15, 0.2) is 0 Å². The lowest BCUT2D eigenvalue weighted by Gasteiger charge is -2.24. The molecule has 88 valence electrons. The molecule has 0 saturated heterocycles. The van der Waals surface area contributed by atoms with Gasteiger partial charge in [-0.25, -0.2) is 0 Å². The summed E-state index contributed by atoms with van der Waals surface area (Å²) >= 11 is 2.14. The Kier molecular flexibility index (Phi) is 4.35. The maximum absolute atomic E-state index is 5.95. The zero-order valence-electron chi connectivity index (χ0n) is 9.74. The predicted molar refractivity (Wildman–Crippen MR) is 68.3 cm³/mol. The van der Waals surface area contributed by atoms with Crippen molar-refractivity contribution in [2.75, 3.05) is 5.75 Å². The first-order chi connectivity index (χ1) is 7.29. The molecule has 0 aromatic heterocycles. The van der Waals surface area contributed by atoms with Gasteiger partial charge in [-0.2, -0.15) is 11.8 Å². The van der Waals surface area contributed by atoms with Gasteiger partial charge in [-0.3, -0.25) is 0 Å². The third-order valence-electron chi connectivity index (χ3n) is 3.76. The molecular formula is C12H24N2S. The van der Waals surface area contributed by atoms with Crippen molar-refractivity contribution in [2.24, 2.45) is 5.73 Å². The van der Waals surface area contributed by atoms with Crippen LogP contribution >= 0.6 is 11.8 Å². The van der Waals surface area contributed by atoms with Crippen LogP contribution in [-0.2, 0) is 0 Å². The Bertz CT molecular complexity index is 198. The third-order valence-corrected chi connectivity index (χ3v) is 5.08. The Labute approximate surface area is 97.8 Å². The molecule has 0 amide bonds. The van der Waals surface area contributed by atoms with Crippen molar-refractivity contribution in [3.05, 3.63) is 0 Å². The Balaban J connectivity index is 1.77. The van der Waals surface area contributed by atoms with Crippen molar-refractivity contribution in [3.8, 4) is 0 Å². The normalized spacial score (nSPS) is 41.2. The maximum Gasteiger partial charge on any atom is 0.0201 e. The molecule has 15 heavy (non-hydrogen) atoms. The Morgan fingerprint density at radius 3 is 2.80 bits per heavy atom. The topological polar surface area (TPSA) is 38.0 Å². The minimum atomic E-state index is 0.459. The first-order valence-electron chi connectivity index (χ1n) is 6.42. The third kappa shape index (κ3) is 3.11. The van der Waals surface area contributed by atoms with Crippen molar-refractivity contribution in [2.45, 2.75) is 68.8 Å². The Morgan fingerprint density at radius 1 is 1.27 bits per heavy atom. The number of nitrogens with one attached hydrogen (secondary N) is 1. The highest BCUT2D eigenvalue weighted by Gasteiger charge is 2.31. The van der Waals surface area contributed by atoms with E-state index >= 15 is 0 Å². The molecule has 2 fully saturated rings. The molecule has 2 nitrogen and oxygen atoms in total. The van der Waals surface area contributed by atoms with Gasteiger partial charge in [0.2, 0.25) is 0 Å². The highest BCUT2D eigenvalue weighted by Crippen LogP contribution is 2.31. The number of thioether (sulfide) groups is 1. The lowest BCUT2D eigenvalue weighted by Crippen LogP contribution is -2.41. The summed E-state index contributed by atoms with van der Waals surface area (Å²) in [6, 6.07) is 1.94. The molecule has 2 rings (SSSR count). The van der Waals surface area contributed by atoms with Crippen molar-refractivity contribution in [1.82, 2.24) is 5.32 Å². The van der Waals surface area contributed by atoms with Crippen LogP contribution in [0.4, 0.5) is 0 Å². The molecule has 0 aromatic rings. The first-order valence-corrected chi connectivity index (χ1v) is 7.47. The van der Waals surface area contributed by atoms with Crippen LogP contribution in [0.25, 0.3) is 0 Å². The summed E-state index contributed by atoms with van der Waals surface area (Å²) in [5.41, 5.74) is 5.95. The summed E-state index contributed by atoms with van der Waals surface area (Å²) in [7, 11) is 0. The molecule has 4 atom stereocenters. The van der Waals surface area contributed by atoms with Gasteiger partial charge < -0.3 is 11.1 Å². The Hall–Kier alpha value is 0.270. The van der Waals surface area contributed by atoms with Crippen LogP contribution < -0.4 is 11.1 Å². The minimum absolute atomic E-state index is 0.459. The van der Waals surface area contributed by atoms with E-state index in [4.69, 9.17) is 5.73 Å². The lowest BCUT2D eigenvalue weighted by atomic mass is 10.1. The second-order valence-corrected chi connectivity index (χ2v) is 6.48. The summed E-state index contributed by atoms with van der Waals surface area (Å²) in [6.07, 6.45) is 7.91. The van der Waals surface area contributed by atoms with E-state index in [0.717, 1.165) is 11.3 Å². The number of hydrogen-bond donors (Lipinski definition) is 2. The van der Waals surface area contributed by atoms with E-state index in [-0.39, 0.29) is 0 Å². The molecule has 3 N–H and O–H groups in total. The predicted octanol–water partition coefficient (Wildman–Crippen LogP) is 2.13. The van der Waals surface area contributed by atoms with E-state index in [2.05, 4.69) is 24.0 Å². The summed E-state index contributed by atoms with van der Waals surface area (Å²) in [5, 5.41) is 4.71. The number of nitrogens with two attached hydrogens (primary N) is 1. The molecule has 4 unspecified atom stereocenters. The highest BCUT2D eigenvalue weighted by molar-refractivity contribution is 7.99. The van der Waals surface area contributed by atoms with Gasteiger partial charge in [0, 0.05) is 23.4 Å². The van der Waals surface area contributed by atoms with Crippen LogP contribution in [0.3, 0.4) is 0 Å². The van der Waals surface area contributed by atoms with E-state index in [1.54, 1.807) is 0 Å². The van der Waals surface area contributed by atoms with E-state index in [9.17, 15) is 0 Å². The van der Waals surface area contributed by atoms with Crippen molar-refractivity contribution in [3.63, 3.8) is 0 Å². The monoisotopic (exact) mass is 228 g/mol. The van der Waals surface area contributed by atoms with Crippen molar-refractivity contribution < 1.29 is 0 Å². The van der Waals surface area contributed by atoms with Gasteiger partial charge in [0.25, 0.3) is 0 Å². The number of rotatable bonds is 4. The fourth-order valence-electron chi connectivity index (χ4n) is 3.00. The number of hydrogen-bond acceptors (Lipinski definition) is 3. The molecule has 0 radical (unpaired) electrons. The second-order valence-electron chi connectivity index (χ2n) is 4.97. The second kappa shape index (κ2) is 5.55. The van der Waals surface area contributed by atoms with Crippen LogP contribution in [0.15, 0.2) is 0 Å². The van der Waals surface area contributed by atoms with Gasteiger partial charge >= 0.3 is 0 Å². The minimum Gasteiger partial charge on any atom is -0.328 e. The summed E-state index contributed by atoms with van der Waals surface area (Å²) in [4.78, 5) is 0. The fourth-order valence-corrected chi connectivity index (χ4v) is 4.21. The van der Waals surface area contributed by atoms with Gasteiger partial charge in [-0.05, 0) is 37.9 Å². The van der Waals surface area contributed by atoms with Crippen molar-refractivity contribution >= 4 is 11.8 Å². The average Bonchev–Trinajstić information content (AvgIpc) is 2.78. The average molecular weight is 228 g/mol. The molecular weight excluding hydrogens is 204 g/mol. The standard InChI is InChI=1S/C12H24N2S/c1-2-15-12-5-3-4-11(12)14-10-7-6-9(13)8-10/h9-12,14H,2-8,13H2,1H3. The van der Waals surface area contributed by atoms with Gasteiger partial charge in [-0.15, -0.1) is 0 Å². The smallest absolute Gasteiger partial charge is 0.0201 e. The molecule has 2 saturated carbocycles. The molecule has 3 heteroatoms. The fraction of sp³-hybridized carbons (Fsp3) is 1.00. The molecule has 0 bridgehead atoms. The molecule has 0 aromatic carbocycles. The summed E-state index contributed by atoms with van der Waals surface area (Å²) in [5.74, 6) is 1.26. The van der Waals surface area contributed by atoms with Crippen LogP contribution in [-0.4, -0.2) is 29.1 Å². The van der Waals surface area contributed by atoms with E-state index in [1.165, 1.54) is 44.3 Å². The molecule has 2 aliphatic carbocycles. The van der Waals surface area contributed by atoms with Gasteiger partial charge in [0.05, 0.1) is 0 Å². The highest BCUT2D eigenvalue weighted by atomic mass is 32.2. The largest absolute Gasteiger partial charge is 0.328 e. The van der Waals surface area contributed by atoms with E-state index < -0.39 is 0 Å². The van der Waals surface area contributed by atoms with Crippen molar-refractivity contribution in [1.29, 1.82) is 0 Å². The molecule has 0 spiro atoms. The Morgan fingerprint density at radius 2 is 2.13 bits per heavy atom. The lowest BCUT2D eigenvalue weighted by molar-refractivity contribution is 0.436. The summed E-state index contributed by atoms with van der Waals surface area (Å²) in [6.45, 7) is 2.27. The first kappa shape index (κ1) is 11.7. The quantitative estimate of drug-likeness (QED) is 0.774. The van der Waals surface area contributed by atoms with Crippen LogP contribution in [0.1, 0.15) is 45.4 Å². The van der Waals surface area contributed by atoms with Crippen LogP contribution in [0.5, 0.6) is 0 Å². The van der Waals surface area contributed by atoms with Gasteiger partial charge in [0.1, 0.15) is 0 Å². The maximum atomic E-state index is 5.95. The van der Waals surface area contributed by atoms with Crippen LogP contribution in [0, 0.1) is 0 Å². The van der Waals surface area contributed by atoms with Gasteiger partial charge in [-0.1, -0.05) is 13.3 Å². The van der Waals surface area contributed by atoms with E-state index in [0.29, 0.717) is 12.1 Å². The zero-order valence-corrected chi connectivity index (χ0v) is 10.6. The SMILES string of the molecule is CCSC1CCCC1NC1CCC(N)C1. The molecule has 0 heterocycles.